The number of hydrogen-bond acceptors (Lipinski definition) is 5. The number of benzene rings is 1. The summed E-state index contributed by atoms with van der Waals surface area (Å²) in [5.41, 5.74) is 1.70. The molecule has 2 N–H and O–H groups in total. The summed E-state index contributed by atoms with van der Waals surface area (Å²) in [5.74, 6) is 1.66. The number of hydrogen-bond donors (Lipinski definition) is 2. The Morgan fingerprint density at radius 3 is 3.00 bits per heavy atom. The Morgan fingerprint density at radius 1 is 1.48 bits per heavy atom. The van der Waals surface area contributed by atoms with E-state index in [1.165, 1.54) is 0 Å². The molecule has 1 saturated heterocycles. The lowest BCUT2D eigenvalue weighted by atomic mass is 10.2. The van der Waals surface area contributed by atoms with Crippen LogP contribution in [0.1, 0.15) is 18.7 Å². The summed E-state index contributed by atoms with van der Waals surface area (Å²) in [4.78, 5) is 12.1. The molecule has 1 amide bonds. The van der Waals surface area contributed by atoms with E-state index in [2.05, 4.69) is 20.9 Å². The number of amides is 1. The third-order valence-electron chi connectivity index (χ3n) is 3.37. The van der Waals surface area contributed by atoms with Gasteiger partial charge in [-0.2, -0.15) is 0 Å². The first-order valence-electron chi connectivity index (χ1n) is 6.83. The smallest absolute Gasteiger partial charge is 0.238 e. The van der Waals surface area contributed by atoms with Gasteiger partial charge in [-0.15, -0.1) is 16.9 Å². The van der Waals surface area contributed by atoms with Crippen LogP contribution in [0.25, 0.3) is 5.69 Å². The van der Waals surface area contributed by atoms with Crippen LogP contribution in [0, 0.1) is 0 Å². The second-order valence-corrected chi connectivity index (χ2v) is 5.96. The Bertz CT molecular complexity index is 609. The highest BCUT2D eigenvalue weighted by Crippen LogP contribution is 2.14. The molecule has 1 aromatic heterocycles. The minimum atomic E-state index is -0.164. The van der Waals surface area contributed by atoms with E-state index in [1.807, 2.05) is 43.5 Å². The number of nitrogens with one attached hydrogen (secondary N) is 2. The first kappa shape index (κ1) is 14.1. The monoisotopic (exact) mass is 303 g/mol. The normalized spacial score (nSPS) is 19.4. The van der Waals surface area contributed by atoms with Crippen LogP contribution in [-0.2, 0) is 4.79 Å². The molecule has 1 aromatic carbocycles. The molecule has 21 heavy (non-hydrogen) atoms. The maximum absolute atomic E-state index is 12.1. The van der Waals surface area contributed by atoms with Gasteiger partial charge in [0.05, 0.1) is 24.0 Å². The fraction of sp³-hybridized carbons (Fsp3) is 0.357. The van der Waals surface area contributed by atoms with E-state index < -0.39 is 0 Å². The molecule has 110 valence electrons. The molecule has 3 rings (SSSR count). The maximum Gasteiger partial charge on any atom is 0.238 e. The summed E-state index contributed by atoms with van der Waals surface area (Å²) in [7, 11) is 0. The highest BCUT2D eigenvalue weighted by molar-refractivity contribution is 7.99. The van der Waals surface area contributed by atoms with E-state index in [0.29, 0.717) is 0 Å². The van der Waals surface area contributed by atoms with Crippen molar-refractivity contribution in [1.29, 1.82) is 0 Å². The van der Waals surface area contributed by atoms with Gasteiger partial charge >= 0.3 is 0 Å². The lowest BCUT2D eigenvalue weighted by Crippen LogP contribution is -2.43. The Labute approximate surface area is 127 Å². The molecule has 2 atom stereocenters. The van der Waals surface area contributed by atoms with Crippen molar-refractivity contribution in [2.45, 2.75) is 19.0 Å². The first-order valence-corrected chi connectivity index (χ1v) is 7.98. The second kappa shape index (κ2) is 6.28. The molecule has 2 aromatic rings. The van der Waals surface area contributed by atoms with Gasteiger partial charge in [0.1, 0.15) is 5.69 Å². The Balaban J connectivity index is 1.66. The molecule has 2 heterocycles. The Kier molecular flexibility index (Phi) is 4.21. The maximum atomic E-state index is 12.1. The minimum absolute atomic E-state index is 0.0155. The van der Waals surface area contributed by atoms with Crippen LogP contribution in [0.15, 0.2) is 36.5 Å². The molecule has 1 aliphatic rings. The van der Waals surface area contributed by atoms with Gasteiger partial charge < -0.3 is 5.32 Å². The largest absolute Gasteiger partial charge is 0.346 e. The fourth-order valence-electron chi connectivity index (χ4n) is 2.13. The van der Waals surface area contributed by atoms with E-state index in [0.717, 1.165) is 23.0 Å². The van der Waals surface area contributed by atoms with E-state index in [4.69, 9.17) is 0 Å². The average Bonchev–Trinajstić information content (AvgIpc) is 3.20. The topological polar surface area (TPSA) is 71.8 Å². The van der Waals surface area contributed by atoms with Crippen LogP contribution in [-0.4, -0.2) is 38.6 Å². The summed E-state index contributed by atoms with van der Waals surface area (Å²) in [6, 6.07) is 9.50. The number of rotatable bonds is 4. The molecular weight excluding hydrogens is 286 g/mol. The molecule has 0 unspecified atom stereocenters. The number of thioether (sulfide) groups is 1. The highest BCUT2D eigenvalue weighted by atomic mass is 32.2. The number of aromatic nitrogens is 3. The zero-order valence-electron chi connectivity index (χ0n) is 11.7. The van der Waals surface area contributed by atoms with Gasteiger partial charge in [0.2, 0.25) is 5.91 Å². The summed E-state index contributed by atoms with van der Waals surface area (Å²) < 4.78 is 1.71. The van der Waals surface area contributed by atoms with E-state index in [-0.39, 0.29) is 18.0 Å². The third kappa shape index (κ3) is 3.25. The number of nitrogens with zero attached hydrogens (tertiary/aromatic N) is 3. The molecule has 0 radical (unpaired) electrons. The zero-order chi connectivity index (χ0) is 14.7. The predicted molar refractivity (Wildman–Crippen MR) is 82.2 cm³/mol. The van der Waals surface area contributed by atoms with Crippen LogP contribution in [0.5, 0.6) is 0 Å². The van der Waals surface area contributed by atoms with Crippen LogP contribution in [0.3, 0.4) is 0 Å². The lowest BCUT2D eigenvalue weighted by Gasteiger charge is -2.14. The third-order valence-corrected chi connectivity index (χ3v) is 4.31. The van der Waals surface area contributed by atoms with Crippen LogP contribution < -0.4 is 10.6 Å². The molecular formula is C14H17N5OS. The summed E-state index contributed by atoms with van der Waals surface area (Å²) in [5, 5.41) is 14.4. The molecule has 6 nitrogen and oxygen atoms in total. The van der Waals surface area contributed by atoms with Gasteiger partial charge in [-0.05, 0) is 19.1 Å². The minimum Gasteiger partial charge on any atom is -0.346 e. The highest BCUT2D eigenvalue weighted by Gasteiger charge is 2.24. The van der Waals surface area contributed by atoms with Crippen molar-refractivity contribution in [2.75, 3.05) is 11.6 Å². The number of carbonyl (C=O) groups is 1. The number of carbonyl (C=O) groups excluding carboxylic acids is 1. The van der Waals surface area contributed by atoms with Gasteiger partial charge in [0, 0.05) is 11.6 Å². The lowest BCUT2D eigenvalue weighted by molar-refractivity contribution is -0.123. The van der Waals surface area contributed by atoms with Gasteiger partial charge in [-0.3, -0.25) is 10.1 Å². The van der Waals surface area contributed by atoms with E-state index in [9.17, 15) is 4.79 Å². The molecule has 0 spiro atoms. The SMILES string of the molecule is C[C@H](NC(=O)[C@H]1CSCN1)c1cn(-c2ccccc2)nn1. The van der Waals surface area contributed by atoms with Crippen molar-refractivity contribution in [3.05, 3.63) is 42.2 Å². The van der Waals surface area contributed by atoms with Crippen molar-refractivity contribution in [3.63, 3.8) is 0 Å². The van der Waals surface area contributed by atoms with Crippen LogP contribution in [0.2, 0.25) is 0 Å². The molecule has 0 aliphatic carbocycles. The van der Waals surface area contributed by atoms with Gasteiger partial charge in [-0.25, -0.2) is 4.68 Å². The van der Waals surface area contributed by atoms with Crippen LogP contribution >= 0.6 is 11.8 Å². The summed E-state index contributed by atoms with van der Waals surface area (Å²) in [6.07, 6.45) is 1.84. The van der Waals surface area contributed by atoms with Crippen molar-refractivity contribution >= 4 is 17.7 Å². The van der Waals surface area contributed by atoms with E-state index in [1.54, 1.807) is 16.4 Å². The molecule has 0 saturated carbocycles. The predicted octanol–water partition coefficient (Wildman–Crippen LogP) is 1.11. The van der Waals surface area contributed by atoms with E-state index >= 15 is 0 Å². The Morgan fingerprint density at radius 2 is 2.29 bits per heavy atom. The Hall–Kier alpha value is -1.86. The molecule has 0 bridgehead atoms. The van der Waals surface area contributed by atoms with Crippen molar-refractivity contribution < 1.29 is 4.79 Å². The molecule has 1 aliphatic heterocycles. The van der Waals surface area contributed by atoms with Crippen molar-refractivity contribution in [2.24, 2.45) is 0 Å². The zero-order valence-corrected chi connectivity index (χ0v) is 12.5. The number of para-hydroxylation sites is 1. The first-order chi connectivity index (χ1) is 10.2. The van der Waals surface area contributed by atoms with Crippen molar-refractivity contribution in [3.8, 4) is 5.69 Å². The second-order valence-electron chi connectivity index (χ2n) is 4.93. The quantitative estimate of drug-likeness (QED) is 0.885. The van der Waals surface area contributed by atoms with Gasteiger partial charge in [0.25, 0.3) is 0 Å². The van der Waals surface area contributed by atoms with Gasteiger partial charge in [-0.1, -0.05) is 23.4 Å². The van der Waals surface area contributed by atoms with Crippen LogP contribution in [0.4, 0.5) is 0 Å². The molecule has 1 fully saturated rings. The summed E-state index contributed by atoms with van der Waals surface area (Å²) >= 11 is 1.73. The average molecular weight is 303 g/mol. The van der Waals surface area contributed by atoms with Crippen molar-refractivity contribution in [1.82, 2.24) is 25.6 Å². The fourth-order valence-corrected chi connectivity index (χ4v) is 3.08. The standard InChI is InChI=1S/C14H17N5OS/c1-10(16-14(20)13-8-21-9-15-13)12-7-19(18-17-12)11-5-3-2-4-6-11/h2-7,10,13,15H,8-9H2,1H3,(H,16,20)/t10-,13+/m0/s1. The van der Waals surface area contributed by atoms with Gasteiger partial charge in [0.15, 0.2) is 0 Å². The molecule has 7 heteroatoms. The summed E-state index contributed by atoms with van der Waals surface area (Å²) in [6.45, 7) is 1.92.